The van der Waals surface area contributed by atoms with Crippen LogP contribution in [0.4, 0.5) is 21.8 Å². The number of aldehydes is 1. The van der Waals surface area contributed by atoms with Crippen molar-refractivity contribution in [1.82, 2.24) is 30.0 Å². The molecule has 1 saturated carbocycles. The van der Waals surface area contributed by atoms with Gasteiger partial charge >= 0.3 is 0 Å². The molecule has 1 aliphatic carbocycles. The zero-order valence-corrected chi connectivity index (χ0v) is 30.5. The number of halogens is 2. The Morgan fingerprint density at radius 2 is 1.94 bits per heavy atom. The van der Waals surface area contributed by atoms with Gasteiger partial charge in [-0.3, -0.25) is 19.3 Å². The number of methoxy groups -OCH3 is 1. The number of anilines is 3. The molecule has 0 bridgehead atoms. The number of piperazine rings is 1. The first-order chi connectivity index (χ1) is 23.9. The molecule has 3 N–H and O–H groups in total. The Kier molecular flexibility index (Phi) is 12.1. The molecule has 2 aromatic rings. The van der Waals surface area contributed by atoms with Gasteiger partial charge in [-0.15, -0.1) is 0 Å². The second-order valence-electron chi connectivity index (χ2n) is 13.4. The molecule has 13 nitrogen and oxygen atoms in total. The predicted molar refractivity (Wildman–Crippen MR) is 192 cm³/mol. The molecule has 3 aliphatic rings. The van der Waals surface area contributed by atoms with Gasteiger partial charge in [0.15, 0.2) is 5.67 Å². The summed E-state index contributed by atoms with van der Waals surface area (Å²) in [6.45, 7) is 7.61. The maximum absolute atomic E-state index is 14.6. The van der Waals surface area contributed by atoms with E-state index in [0.717, 1.165) is 32.3 Å². The Morgan fingerprint density at radius 1 is 1.20 bits per heavy atom. The predicted octanol–water partition coefficient (Wildman–Crippen LogP) is 3.76. The van der Waals surface area contributed by atoms with Crippen LogP contribution in [0.2, 0.25) is 5.02 Å². The van der Waals surface area contributed by atoms with Crippen LogP contribution in [0.5, 0.6) is 5.75 Å². The second-order valence-corrected chi connectivity index (χ2v) is 15.5. The molecule has 0 radical (unpaired) electrons. The van der Waals surface area contributed by atoms with Crippen molar-refractivity contribution < 1.29 is 28.3 Å². The third-order valence-electron chi connectivity index (χ3n) is 9.48. The molecule has 1 aromatic carbocycles. The number of ether oxygens (including phenoxy) is 1. The summed E-state index contributed by atoms with van der Waals surface area (Å²) in [5.74, 6) is 0.826. The standard InChI is InChI=1S/C34H46ClFN8O5S/c1-33(2,27(40-31(48)34(36)10-11-34)30(47)44-13-5-7-23(44)21-45)50-18-6-12-42-14-16-43(17-15-42)29(46)22-8-9-25(26(19-22)49-4)39-32-38-20-24(35)28(37-3)41-32/h8-9,19-21,23,27H,5-7,10-18H2,1-4H3,(H,40,48)(H2,37,38,39,41). The number of thioether (sulfide) groups is 1. The molecule has 2 aliphatic heterocycles. The van der Waals surface area contributed by atoms with Gasteiger partial charge in [-0.05, 0) is 76.4 Å². The SMILES string of the molecule is CNc1nc(Nc2ccc(C(=O)N3CCN(CCCSC(C)(C)C(NC(=O)C4(F)CC4)C(=O)N4CCCC4C=O)CC3)cc2OC)ncc1Cl. The van der Waals surface area contributed by atoms with Crippen molar-refractivity contribution in [2.45, 2.75) is 68.5 Å². The van der Waals surface area contributed by atoms with Gasteiger partial charge in [-0.25, -0.2) is 9.37 Å². The first-order valence-corrected chi connectivity index (χ1v) is 18.3. The van der Waals surface area contributed by atoms with Crippen LogP contribution in [0.25, 0.3) is 0 Å². The lowest BCUT2D eigenvalue weighted by Gasteiger charge is -2.37. The highest BCUT2D eigenvalue weighted by molar-refractivity contribution is 8.00. The van der Waals surface area contributed by atoms with Gasteiger partial charge in [-0.2, -0.15) is 16.7 Å². The molecule has 2 atom stereocenters. The van der Waals surface area contributed by atoms with E-state index in [1.54, 1.807) is 37.0 Å². The molecular formula is C34H46ClFN8O5S. The minimum Gasteiger partial charge on any atom is -0.495 e. The van der Waals surface area contributed by atoms with Crippen LogP contribution in [0.3, 0.4) is 0 Å². The van der Waals surface area contributed by atoms with Gasteiger partial charge in [0, 0.05) is 50.1 Å². The fraction of sp³-hybridized carbons (Fsp3) is 0.588. The highest BCUT2D eigenvalue weighted by Crippen LogP contribution is 2.41. The number of amides is 3. The number of carbonyl (C=O) groups is 4. The van der Waals surface area contributed by atoms with Crippen LogP contribution in [-0.2, 0) is 14.4 Å². The average molecular weight is 733 g/mol. The number of alkyl halides is 1. The molecule has 2 saturated heterocycles. The summed E-state index contributed by atoms with van der Waals surface area (Å²) in [7, 11) is 3.25. The smallest absolute Gasteiger partial charge is 0.258 e. The number of nitrogens with zero attached hydrogens (tertiary/aromatic N) is 5. The zero-order valence-electron chi connectivity index (χ0n) is 29.0. The summed E-state index contributed by atoms with van der Waals surface area (Å²) in [4.78, 5) is 65.6. The van der Waals surface area contributed by atoms with E-state index in [4.69, 9.17) is 16.3 Å². The van der Waals surface area contributed by atoms with Crippen LogP contribution in [-0.4, -0.2) is 130 Å². The summed E-state index contributed by atoms with van der Waals surface area (Å²) in [5.41, 5.74) is -0.792. The summed E-state index contributed by atoms with van der Waals surface area (Å²) in [5, 5.41) is 9.13. The maximum Gasteiger partial charge on any atom is 0.258 e. The molecule has 50 heavy (non-hydrogen) atoms. The molecule has 0 spiro atoms. The van der Waals surface area contributed by atoms with Crippen LogP contribution >= 0.6 is 23.4 Å². The Hall–Kier alpha value is -3.69. The van der Waals surface area contributed by atoms with E-state index in [9.17, 15) is 23.6 Å². The van der Waals surface area contributed by atoms with Gasteiger partial charge < -0.3 is 35.3 Å². The average Bonchev–Trinajstić information content (AvgIpc) is 3.69. The first-order valence-electron chi connectivity index (χ1n) is 17.0. The van der Waals surface area contributed by atoms with Crippen LogP contribution < -0.4 is 20.7 Å². The second kappa shape index (κ2) is 16.1. The summed E-state index contributed by atoms with van der Waals surface area (Å²) in [6.07, 6.45) is 4.71. The minimum atomic E-state index is -1.91. The number of nitrogens with one attached hydrogen (secondary N) is 3. The number of aromatic nitrogens is 2. The lowest BCUT2D eigenvalue weighted by atomic mass is 10.0. The molecule has 16 heteroatoms. The van der Waals surface area contributed by atoms with E-state index < -0.39 is 28.4 Å². The Balaban J connectivity index is 1.11. The van der Waals surface area contributed by atoms with Crippen molar-refractivity contribution in [3.63, 3.8) is 0 Å². The van der Waals surface area contributed by atoms with Crippen molar-refractivity contribution in [3.8, 4) is 5.75 Å². The van der Waals surface area contributed by atoms with E-state index in [1.807, 2.05) is 18.7 Å². The van der Waals surface area contributed by atoms with Crippen molar-refractivity contribution in [2.75, 3.05) is 69.8 Å². The van der Waals surface area contributed by atoms with E-state index in [0.29, 0.717) is 72.0 Å². The fourth-order valence-electron chi connectivity index (χ4n) is 6.22. The highest BCUT2D eigenvalue weighted by Gasteiger charge is 2.53. The van der Waals surface area contributed by atoms with E-state index >= 15 is 0 Å². The maximum atomic E-state index is 14.6. The quantitative estimate of drug-likeness (QED) is 0.182. The van der Waals surface area contributed by atoms with Crippen molar-refractivity contribution in [2.24, 2.45) is 0 Å². The molecule has 5 rings (SSSR count). The third kappa shape index (κ3) is 8.78. The van der Waals surface area contributed by atoms with Gasteiger partial charge in [0.1, 0.15) is 28.9 Å². The number of hydrogen-bond acceptors (Lipinski definition) is 11. The Morgan fingerprint density at radius 3 is 2.60 bits per heavy atom. The Labute approximate surface area is 301 Å². The van der Waals surface area contributed by atoms with E-state index in [-0.39, 0.29) is 24.7 Å². The van der Waals surface area contributed by atoms with Gasteiger partial charge in [0.2, 0.25) is 11.9 Å². The topological polar surface area (TPSA) is 149 Å². The van der Waals surface area contributed by atoms with E-state index in [1.165, 1.54) is 18.2 Å². The van der Waals surface area contributed by atoms with Crippen LogP contribution in [0.15, 0.2) is 24.4 Å². The lowest BCUT2D eigenvalue weighted by molar-refractivity contribution is -0.140. The molecule has 1 aromatic heterocycles. The number of carbonyl (C=O) groups excluding carboxylic acids is 4. The first kappa shape index (κ1) is 37.6. The molecule has 3 heterocycles. The third-order valence-corrected chi connectivity index (χ3v) is 11.2. The molecule has 272 valence electrons. The van der Waals surface area contributed by atoms with Crippen LogP contribution in [0.1, 0.15) is 56.3 Å². The monoisotopic (exact) mass is 732 g/mol. The van der Waals surface area contributed by atoms with Crippen molar-refractivity contribution >= 4 is 64.8 Å². The summed E-state index contributed by atoms with van der Waals surface area (Å²) >= 11 is 7.65. The normalized spacial score (nSPS) is 19.4. The van der Waals surface area contributed by atoms with Crippen molar-refractivity contribution in [3.05, 3.63) is 35.0 Å². The van der Waals surface area contributed by atoms with Crippen LogP contribution in [0, 0.1) is 0 Å². The molecular weight excluding hydrogens is 687 g/mol. The largest absolute Gasteiger partial charge is 0.495 e. The number of hydrogen-bond donors (Lipinski definition) is 3. The molecule has 3 amide bonds. The zero-order chi connectivity index (χ0) is 36.1. The number of likely N-dealkylation sites (tertiary alicyclic amines) is 1. The summed E-state index contributed by atoms with van der Waals surface area (Å²) in [6, 6.07) is 3.73. The summed E-state index contributed by atoms with van der Waals surface area (Å²) < 4.78 is 19.4. The highest BCUT2D eigenvalue weighted by atomic mass is 35.5. The van der Waals surface area contributed by atoms with Crippen molar-refractivity contribution in [1.29, 1.82) is 0 Å². The number of rotatable bonds is 15. The number of benzene rings is 1. The Bertz CT molecular complexity index is 1570. The molecule has 2 unspecified atom stereocenters. The van der Waals surface area contributed by atoms with Gasteiger partial charge in [0.25, 0.3) is 11.8 Å². The van der Waals surface area contributed by atoms with Gasteiger partial charge in [0.05, 0.1) is 25.0 Å². The fourth-order valence-corrected chi connectivity index (χ4v) is 7.53. The molecule has 3 fully saturated rings. The van der Waals surface area contributed by atoms with Gasteiger partial charge in [-0.1, -0.05) is 11.6 Å². The lowest BCUT2D eigenvalue weighted by Crippen LogP contribution is -2.59. The van der Waals surface area contributed by atoms with E-state index in [2.05, 4.69) is 30.8 Å². The minimum absolute atomic E-state index is 0.0825.